The third-order valence-electron chi connectivity index (χ3n) is 0.885. The van der Waals surface area contributed by atoms with E-state index in [0.29, 0.717) is 0 Å². The molecule has 0 aromatic rings. The van der Waals surface area contributed by atoms with Crippen LogP contribution in [-0.4, -0.2) is 0 Å². The minimum Gasteiger partial charge on any atom is -1.00 e. The molecule has 0 N–H and O–H groups in total. The van der Waals surface area contributed by atoms with Gasteiger partial charge in [0.15, 0.2) is 0 Å². The molecule has 2 heteroatoms. The van der Waals surface area contributed by atoms with Crippen LogP contribution in [-0.2, 0) is 27.7 Å². The second-order valence-electron chi connectivity index (χ2n) is 1.58. The van der Waals surface area contributed by atoms with Crippen molar-refractivity contribution in [3.63, 3.8) is 0 Å². The third-order valence-corrected chi connectivity index (χ3v) is 0.885. The van der Waals surface area contributed by atoms with Crippen molar-refractivity contribution >= 4 is 0 Å². The van der Waals surface area contributed by atoms with Crippen LogP contribution >= 0.6 is 0 Å². The summed E-state index contributed by atoms with van der Waals surface area (Å²) in [6, 6.07) is 0. The molecule has 1 aliphatic carbocycles. The topological polar surface area (TPSA) is 0 Å². The van der Waals surface area contributed by atoms with Gasteiger partial charge in [-0.3, -0.25) is 0 Å². The van der Waals surface area contributed by atoms with E-state index in [0.717, 1.165) is 0 Å². The van der Waals surface area contributed by atoms with E-state index in [-0.39, 0.29) is 51.6 Å². The maximum absolute atomic E-state index is 2.93. The van der Waals surface area contributed by atoms with Crippen LogP contribution < -0.4 is 24.0 Å². The molecule has 0 nitrogen and oxygen atoms in total. The first-order chi connectivity index (χ1) is 3.39. The van der Waals surface area contributed by atoms with Crippen LogP contribution in [0.2, 0.25) is 0 Å². The molecule has 0 saturated carbocycles. The fourth-order valence-corrected chi connectivity index (χ4v) is 0.470. The van der Waals surface area contributed by atoms with Gasteiger partial charge in [-0.15, -0.1) is 5.73 Å². The first-order valence-corrected chi connectivity index (χ1v) is 2.32. The Hall–Kier alpha value is 0.925. The van der Waals surface area contributed by atoms with Gasteiger partial charge in [0.2, 0.25) is 0 Å². The van der Waals surface area contributed by atoms with Crippen LogP contribution in [0.1, 0.15) is 6.92 Å². The van der Waals surface area contributed by atoms with Gasteiger partial charge in [0.1, 0.15) is 0 Å². The van der Waals surface area contributed by atoms with E-state index in [9.17, 15) is 0 Å². The predicted molar refractivity (Wildman–Crippen MR) is 30.7 cm³/mol. The molecular weight excluding hydrogens is 412 g/mol. The zero-order valence-electron chi connectivity index (χ0n) is 5.39. The molecular formula is C7H7HgI. The van der Waals surface area contributed by atoms with Crippen molar-refractivity contribution in [3.8, 4) is 0 Å². The van der Waals surface area contributed by atoms with Crippen LogP contribution in [0.5, 0.6) is 0 Å². The molecule has 0 unspecified atom stereocenters. The predicted octanol–water partition coefficient (Wildman–Crippen LogP) is -1.14. The maximum atomic E-state index is 2.93. The van der Waals surface area contributed by atoms with Gasteiger partial charge in [-0.05, 0) is 19.1 Å². The third kappa shape index (κ3) is 5.37. The van der Waals surface area contributed by atoms with Crippen molar-refractivity contribution in [2.75, 3.05) is 0 Å². The fraction of sp³-hybridized carbons (Fsp3) is 0.143. The molecule has 1 aliphatic rings. The Bertz CT molecular complexity index is 152. The molecule has 0 aromatic carbocycles. The zero-order chi connectivity index (χ0) is 5.11. The van der Waals surface area contributed by atoms with Crippen molar-refractivity contribution < 1.29 is 51.6 Å². The average Bonchev–Trinajstić information content (AvgIpc) is 1.69. The largest absolute Gasteiger partial charge is 1.00 e. The van der Waals surface area contributed by atoms with Crippen LogP contribution in [0.25, 0.3) is 0 Å². The number of hydrogen-bond acceptors (Lipinski definition) is 0. The van der Waals surface area contributed by atoms with Crippen LogP contribution in [0.3, 0.4) is 0 Å². The van der Waals surface area contributed by atoms with Crippen molar-refractivity contribution in [3.05, 3.63) is 36.0 Å². The van der Waals surface area contributed by atoms with E-state index in [1.807, 2.05) is 24.6 Å². The Morgan fingerprint density at radius 2 is 2.00 bits per heavy atom. The first kappa shape index (κ1) is 12.6. The number of rotatable bonds is 0. The SMILES string of the molecule is CC1=CC=C=C[CH]1.[Hg+].[I-]. The number of hydrogen-bond donors (Lipinski definition) is 0. The molecule has 0 saturated heterocycles. The quantitative estimate of drug-likeness (QED) is 0.265. The summed E-state index contributed by atoms with van der Waals surface area (Å²) in [5.41, 5.74) is 4.22. The molecule has 0 heterocycles. The van der Waals surface area contributed by atoms with Crippen molar-refractivity contribution in [1.82, 2.24) is 0 Å². The average molecular weight is 419 g/mol. The van der Waals surface area contributed by atoms with Gasteiger partial charge in [0.25, 0.3) is 0 Å². The van der Waals surface area contributed by atoms with E-state index >= 15 is 0 Å². The molecule has 9 heavy (non-hydrogen) atoms. The summed E-state index contributed by atoms with van der Waals surface area (Å²) in [7, 11) is 0. The first-order valence-electron chi connectivity index (χ1n) is 2.32. The number of allylic oxidation sites excluding steroid dienone is 3. The summed E-state index contributed by atoms with van der Waals surface area (Å²) in [6.45, 7) is 2.06. The standard InChI is InChI=1S/C7H7.Hg.HI/c1-7-5-3-2-4-6-7;;/h3-6H,1H3;;1H/q;+1;/p-1. The van der Waals surface area contributed by atoms with Crippen molar-refractivity contribution in [1.29, 1.82) is 0 Å². The van der Waals surface area contributed by atoms with Crippen LogP contribution in [0, 0.1) is 6.42 Å². The molecule has 0 fully saturated rings. The summed E-state index contributed by atoms with van der Waals surface area (Å²) in [5.74, 6) is 0. The summed E-state index contributed by atoms with van der Waals surface area (Å²) in [4.78, 5) is 0. The Morgan fingerprint density at radius 1 is 1.33 bits per heavy atom. The number of halogens is 1. The van der Waals surface area contributed by atoms with Crippen molar-refractivity contribution in [2.45, 2.75) is 6.92 Å². The van der Waals surface area contributed by atoms with E-state index in [1.165, 1.54) is 5.57 Å². The monoisotopic (exact) mass is 420 g/mol. The molecule has 1 rings (SSSR count). The normalized spacial score (nSPS) is 13.2. The van der Waals surface area contributed by atoms with Gasteiger partial charge in [-0.1, -0.05) is 11.6 Å². The zero-order valence-corrected chi connectivity index (χ0v) is 13.0. The molecule has 0 amide bonds. The fourth-order valence-electron chi connectivity index (χ4n) is 0.470. The maximum Gasteiger partial charge on any atom is 1.00 e. The summed E-state index contributed by atoms with van der Waals surface area (Å²) in [6.07, 6.45) is 7.88. The minimum atomic E-state index is 0. The summed E-state index contributed by atoms with van der Waals surface area (Å²) < 4.78 is 0. The van der Waals surface area contributed by atoms with E-state index in [4.69, 9.17) is 0 Å². The smallest absolute Gasteiger partial charge is 1.00 e. The van der Waals surface area contributed by atoms with Crippen LogP contribution in [0.15, 0.2) is 29.5 Å². The van der Waals surface area contributed by atoms with Gasteiger partial charge in [-0.25, -0.2) is 0 Å². The molecule has 0 spiro atoms. The summed E-state index contributed by atoms with van der Waals surface area (Å²) in [5, 5.41) is 0. The molecule has 0 aromatic heterocycles. The van der Waals surface area contributed by atoms with E-state index in [1.54, 1.807) is 0 Å². The van der Waals surface area contributed by atoms with Gasteiger partial charge < -0.3 is 24.0 Å². The summed E-state index contributed by atoms with van der Waals surface area (Å²) >= 11 is 0. The van der Waals surface area contributed by atoms with Crippen molar-refractivity contribution in [2.24, 2.45) is 0 Å². The van der Waals surface area contributed by atoms with Gasteiger partial charge >= 0.3 is 27.7 Å². The second kappa shape index (κ2) is 7.04. The molecule has 44 valence electrons. The molecule has 0 atom stereocenters. The van der Waals surface area contributed by atoms with Gasteiger partial charge in [0, 0.05) is 6.42 Å². The molecule has 0 aliphatic heterocycles. The van der Waals surface area contributed by atoms with Crippen LogP contribution in [0.4, 0.5) is 0 Å². The minimum absolute atomic E-state index is 0. The Balaban J connectivity index is 0. The Labute approximate surface area is 93.6 Å². The molecule has 0 bridgehead atoms. The van der Waals surface area contributed by atoms with Gasteiger partial charge in [0.05, 0.1) is 0 Å². The second-order valence-corrected chi connectivity index (χ2v) is 1.58. The van der Waals surface area contributed by atoms with E-state index in [2.05, 4.69) is 12.7 Å². The van der Waals surface area contributed by atoms with Gasteiger partial charge in [-0.2, -0.15) is 0 Å². The Morgan fingerprint density at radius 3 is 2.22 bits per heavy atom. The van der Waals surface area contributed by atoms with E-state index < -0.39 is 0 Å². The molecule has 2 radical (unpaired) electrons. The Kier molecular flexibility index (Phi) is 9.84.